The van der Waals surface area contributed by atoms with E-state index in [2.05, 4.69) is 68.6 Å². The van der Waals surface area contributed by atoms with Gasteiger partial charge < -0.3 is 14.8 Å². The third-order valence-electron chi connectivity index (χ3n) is 6.16. The Morgan fingerprint density at radius 1 is 0.966 bits per heavy atom. The van der Waals surface area contributed by atoms with Crippen LogP contribution in [0.15, 0.2) is 60.7 Å². The Morgan fingerprint density at radius 2 is 1.76 bits per heavy atom. The monoisotopic (exact) mass is 385 g/mol. The molecule has 2 unspecified atom stereocenters. The van der Waals surface area contributed by atoms with Crippen molar-refractivity contribution in [2.75, 3.05) is 12.4 Å². The molecule has 2 heterocycles. The lowest BCUT2D eigenvalue weighted by atomic mass is 9.75. The molecule has 3 heteroatoms. The van der Waals surface area contributed by atoms with Gasteiger partial charge in [0.05, 0.1) is 12.7 Å². The summed E-state index contributed by atoms with van der Waals surface area (Å²) in [6.45, 7) is 6.88. The number of nitrogens with one attached hydrogen (secondary N) is 1. The normalized spacial score (nSPS) is 21.1. The highest BCUT2D eigenvalue weighted by molar-refractivity contribution is 5.85. The van der Waals surface area contributed by atoms with Gasteiger partial charge in [0.1, 0.15) is 17.6 Å². The first kappa shape index (κ1) is 18.1. The second-order valence-corrected chi connectivity index (χ2v) is 8.84. The number of fused-ring (bicyclic) bond motifs is 5. The van der Waals surface area contributed by atoms with Crippen molar-refractivity contribution < 1.29 is 9.47 Å². The van der Waals surface area contributed by atoms with Crippen LogP contribution in [0.1, 0.15) is 55.9 Å². The van der Waals surface area contributed by atoms with Crippen molar-refractivity contribution >= 4 is 5.69 Å². The number of methoxy groups -OCH3 is 1. The van der Waals surface area contributed by atoms with Crippen molar-refractivity contribution in [3.8, 4) is 22.6 Å². The van der Waals surface area contributed by atoms with Crippen LogP contribution in [-0.4, -0.2) is 12.6 Å². The summed E-state index contributed by atoms with van der Waals surface area (Å²) < 4.78 is 12.4. The summed E-state index contributed by atoms with van der Waals surface area (Å²) in [6.07, 6.45) is 0.947. The minimum Gasteiger partial charge on any atom is -0.496 e. The summed E-state index contributed by atoms with van der Waals surface area (Å²) in [5.41, 5.74) is 7.37. The minimum absolute atomic E-state index is 0.0774. The molecule has 0 radical (unpaired) electrons. The zero-order valence-electron chi connectivity index (χ0n) is 17.5. The van der Waals surface area contributed by atoms with E-state index in [0.29, 0.717) is 5.92 Å². The number of ether oxygens (including phenoxy) is 2. The summed E-state index contributed by atoms with van der Waals surface area (Å²) in [7, 11) is 1.73. The van der Waals surface area contributed by atoms with E-state index in [9.17, 15) is 0 Å². The molecule has 2 atom stereocenters. The van der Waals surface area contributed by atoms with Crippen LogP contribution in [0.5, 0.6) is 11.5 Å². The predicted octanol–water partition coefficient (Wildman–Crippen LogP) is 6.54. The van der Waals surface area contributed by atoms with Crippen LogP contribution in [0.3, 0.4) is 0 Å². The van der Waals surface area contributed by atoms with Gasteiger partial charge in [-0.05, 0) is 61.1 Å². The second kappa shape index (κ2) is 6.55. The van der Waals surface area contributed by atoms with Gasteiger partial charge in [-0.15, -0.1) is 0 Å². The standard InChI is InChI=1S/C26H27NO2/c1-16-15-26(2,3)27-19-14-13-18-23-20(28-4)11-8-12-21(23)29-25(24(18)22(16)19)17-9-6-5-7-10-17/h5-14,16,25,27H,15H2,1-4H3. The molecule has 2 aliphatic heterocycles. The number of hydrogen-bond donors (Lipinski definition) is 1. The highest BCUT2D eigenvalue weighted by atomic mass is 16.5. The Morgan fingerprint density at radius 3 is 2.52 bits per heavy atom. The quantitative estimate of drug-likeness (QED) is 0.543. The molecule has 0 aliphatic carbocycles. The van der Waals surface area contributed by atoms with Crippen molar-refractivity contribution in [2.24, 2.45) is 0 Å². The summed E-state index contributed by atoms with van der Waals surface area (Å²) >= 11 is 0. The van der Waals surface area contributed by atoms with Crippen LogP contribution < -0.4 is 14.8 Å². The molecule has 3 aromatic rings. The summed E-state index contributed by atoms with van der Waals surface area (Å²) in [5.74, 6) is 2.16. The molecular formula is C26H27NO2. The van der Waals surface area contributed by atoms with Crippen LogP contribution in [-0.2, 0) is 0 Å². The number of benzene rings is 3. The van der Waals surface area contributed by atoms with Gasteiger partial charge in [0, 0.05) is 16.8 Å². The minimum atomic E-state index is -0.133. The molecular weight excluding hydrogens is 358 g/mol. The van der Waals surface area contributed by atoms with Crippen molar-refractivity contribution in [1.82, 2.24) is 0 Å². The van der Waals surface area contributed by atoms with Crippen LogP contribution >= 0.6 is 0 Å². The van der Waals surface area contributed by atoms with Gasteiger partial charge in [0.2, 0.25) is 0 Å². The molecule has 148 valence electrons. The fraction of sp³-hybridized carbons (Fsp3) is 0.308. The lowest BCUT2D eigenvalue weighted by Gasteiger charge is -2.41. The zero-order chi connectivity index (χ0) is 20.2. The Balaban J connectivity index is 1.81. The average Bonchev–Trinajstić information content (AvgIpc) is 2.71. The second-order valence-electron chi connectivity index (χ2n) is 8.84. The molecule has 0 fully saturated rings. The molecule has 1 N–H and O–H groups in total. The van der Waals surface area contributed by atoms with Gasteiger partial charge in [-0.1, -0.05) is 49.4 Å². The topological polar surface area (TPSA) is 30.5 Å². The Kier molecular flexibility index (Phi) is 4.09. The van der Waals surface area contributed by atoms with E-state index in [4.69, 9.17) is 9.47 Å². The van der Waals surface area contributed by atoms with Crippen molar-refractivity contribution in [3.63, 3.8) is 0 Å². The molecule has 29 heavy (non-hydrogen) atoms. The lowest BCUT2D eigenvalue weighted by molar-refractivity contribution is 0.239. The van der Waals surface area contributed by atoms with Crippen molar-refractivity contribution in [2.45, 2.75) is 44.8 Å². The van der Waals surface area contributed by atoms with E-state index in [1.807, 2.05) is 18.2 Å². The summed E-state index contributed by atoms with van der Waals surface area (Å²) in [4.78, 5) is 0. The molecule has 3 aromatic carbocycles. The first-order valence-electron chi connectivity index (χ1n) is 10.3. The van der Waals surface area contributed by atoms with E-state index < -0.39 is 0 Å². The third kappa shape index (κ3) is 2.88. The molecule has 0 saturated heterocycles. The van der Waals surface area contributed by atoms with E-state index in [1.165, 1.54) is 27.9 Å². The maximum absolute atomic E-state index is 6.65. The van der Waals surface area contributed by atoms with Gasteiger partial charge in [-0.2, -0.15) is 0 Å². The maximum Gasteiger partial charge on any atom is 0.150 e. The zero-order valence-corrected chi connectivity index (χ0v) is 17.5. The average molecular weight is 386 g/mol. The molecule has 0 spiro atoms. The Bertz CT molecular complexity index is 1070. The highest BCUT2D eigenvalue weighted by Crippen LogP contribution is 2.54. The fourth-order valence-corrected chi connectivity index (χ4v) is 5.15. The number of anilines is 1. The van der Waals surface area contributed by atoms with Crippen LogP contribution in [0, 0.1) is 0 Å². The molecule has 3 nitrogen and oxygen atoms in total. The van der Waals surface area contributed by atoms with Gasteiger partial charge in [-0.3, -0.25) is 0 Å². The van der Waals surface area contributed by atoms with Crippen LogP contribution in [0.25, 0.3) is 11.1 Å². The van der Waals surface area contributed by atoms with E-state index in [0.717, 1.165) is 23.5 Å². The lowest BCUT2D eigenvalue weighted by Crippen LogP contribution is -2.37. The van der Waals surface area contributed by atoms with Crippen molar-refractivity contribution in [3.05, 3.63) is 77.4 Å². The molecule has 0 bridgehead atoms. The molecule has 0 aromatic heterocycles. The predicted molar refractivity (Wildman–Crippen MR) is 118 cm³/mol. The van der Waals surface area contributed by atoms with Gasteiger partial charge in [-0.25, -0.2) is 0 Å². The molecule has 0 saturated carbocycles. The Labute approximate surface area is 172 Å². The van der Waals surface area contributed by atoms with E-state index in [-0.39, 0.29) is 11.6 Å². The molecule has 0 amide bonds. The SMILES string of the molecule is COc1cccc2c1-c1ccc3c(c1C(c1ccccc1)O2)C(C)CC(C)(C)N3. The molecule has 2 aliphatic rings. The van der Waals surface area contributed by atoms with Gasteiger partial charge in [0.15, 0.2) is 0 Å². The van der Waals surface area contributed by atoms with Gasteiger partial charge >= 0.3 is 0 Å². The first-order valence-corrected chi connectivity index (χ1v) is 10.3. The van der Waals surface area contributed by atoms with Gasteiger partial charge in [0.25, 0.3) is 0 Å². The third-order valence-corrected chi connectivity index (χ3v) is 6.16. The highest BCUT2D eigenvalue weighted by Gasteiger charge is 2.38. The van der Waals surface area contributed by atoms with Crippen LogP contribution in [0.2, 0.25) is 0 Å². The molecule has 5 rings (SSSR count). The smallest absolute Gasteiger partial charge is 0.150 e. The number of rotatable bonds is 2. The fourth-order valence-electron chi connectivity index (χ4n) is 5.15. The van der Waals surface area contributed by atoms with Crippen LogP contribution in [0.4, 0.5) is 5.69 Å². The van der Waals surface area contributed by atoms with Crippen molar-refractivity contribution in [1.29, 1.82) is 0 Å². The maximum atomic E-state index is 6.65. The summed E-state index contributed by atoms with van der Waals surface area (Å²) in [6, 6.07) is 21.0. The van der Waals surface area contributed by atoms with E-state index >= 15 is 0 Å². The first-order chi connectivity index (χ1) is 14.0. The largest absolute Gasteiger partial charge is 0.496 e. The number of hydrogen-bond acceptors (Lipinski definition) is 3. The van der Waals surface area contributed by atoms with E-state index in [1.54, 1.807) is 7.11 Å². The summed E-state index contributed by atoms with van der Waals surface area (Å²) in [5, 5.41) is 3.75. The Hall–Kier alpha value is -2.94.